The molecule has 0 saturated heterocycles. The summed E-state index contributed by atoms with van der Waals surface area (Å²) in [6, 6.07) is 12.4. The molecular weight excluding hydrogens is 339 g/mol. The number of rotatable bonds is 3. The van der Waals surface area contributed by atoms with Crippen molar-refractivity contribution in [1.82, 2.24) is 4.98 Å². The minimum atomic E-state index is -0.250. The zero-order valence-electron chi connectivity index (χ0n) is 10.5. The van der Waals surface area contributed by atoms with Gasteiger partial charge in [0, 0.05) is 4.47 Å². The molecule has 5 heteroatoms. The number of thiazole rings is 1. The van der Waals surface area contributed by atoms with Crippen LogP contribution in [0.5, 0.6) is 0 Å². The minimum Gasteiger partial charge on any atom is -0.322 e. The lowest BCUT2D eigenvalue weighted by Crippen LogP contribution is -2.13. The lowest BCUT2D eigenvalue weighted by molar-refractivity contribution is 0.621. The molecule has 0 saturated carbocycles. The molecule has 0 fully saturated rings. The third-order valence-electron chi connectivity index (χ3n) is 3.08. The third kappa shape index (κ3) is 2.75. The van der Waals surface area contributed by atoms with Gasteiger partial charge in [0.2, 0.25) is 0 Å². The van der Waals surface area contributed by atoms with Crippen LogP contribution in [0.15, 0.2) is 46.9 Å². The highest BCUT2D eigenvalue weighted by Gasteiger charge is 2.14. The van der Waals surface area contributed by atoms with Gasteiger partial charge in [-0.05, 0) is 42.3 Å². The zero-order chi connectivity index (χ0) is 14.1. The summed E-state index contributed by atoms with van der Waals surface area (Å²) in [6.07, 6.45) is 0.554. The van der Waals surface area contributed by atoms with Crippen LogP contribution in [0.2, 0.25) is 0 Å². The van der Waals surface area contributed by atoms with Crippen molar-refractivity contribution in [3.8, 4) is 0 Å². The summed E-state index contributed by atoms with van der Waals surface area (Å²) in [5.41, 5.74) is 8.03. The van der Waals surface area contributed by atoms with Gasteiger partial charge in [-0.3, -0.25) is 0 Å². The molecule has 0 amide bonds. The van der Waals surface area contributed by atoms with Crippen molar-refractivity contribution in [2.24, 2.45) is 5.73 Å². The van der Waals surface area contributed by atoms with Crippen molar-refractivity contribution >= 4 is 37.5 Å². The van der Waals surface area contributed by atoms with Gasteiger partial charge in [-0.2, -0.15) is 0 Å². The maximum atomic E-state index is 13.3. The Balaban J connectivity index is 1.88. The van der Waals surface area contributed by atoms with E-state index in [2.05, 4.69) is 20.9 Å². The van der Waals surface area contributed by atoms with Crippen molar-refractivity contribution in [3.63, 3.8) is 0 Å². The molecule has 2 N–H and O–H groups in total. The van der Waals surface area contributed by atoms with Gasteiger partial charge < -0.3 is 5.73 Å². The molecule has 0 aliphatic rings. The van der Waals surface area contributed by atoms with E-state index in [4.69, 9.17) is 5.73 Å². The molecule has 20 heavy (non-hydrogen) atoms. The fourth-order valence-corrected chi connectivity index (χ4v) is 3.45. The van der Waals surface area contributed by atoms with Crippen LogP contribution in [0.4, 0.5) is 4.39 Å². The molecular formula is C15H12BrFN2S. The maximum absolute atomic E-state index is 13.3. The van der Waals surface area contributed by atoms with Gasteiger partial charge in [-0.15, -0.1) is 11.3 Å². The molecule has 0 bridgehead atoms. The maximum Gasteiger partial charge on any atom is 0.123 e. The minimum absolute atomic E-state index is 0.231. The monoisotopic (exact) mass is 350 g/mol. The molecule has 3 rings (SSSR count). The van der Waals surface area contributed by atoms with Gasteiger partial charge in [0.25, 0.3) is 0 Å². The van der Waals surface area contributed by atoms with Crippen LogP contribution in [0.3, 0.4) is 0 Å². The first kappa shape index (κ1) is 13.7. The fourth-order valence-electron chi connectivity index (χ4n) is 2.07. The summed E-state index contributed by atoms with van der Waals surface area (Å²) in [6.45, 7) is 0. The lowest BCUT2D eigenvalue weighted by atomic mass is 10.1. The van der Waals surface area contributed by atoms with E-state index in [0.29, 0.717) is 6.42 Å². The number of para-hydroxylation sites is 1. The van der Waals surface area contributed by atoms with Crippen LogP contribution in [0.1, 0.15) is 16.6 Å². The quantitative estimate of drug-likeness (QED) is 0.758. The molecule has 0 aliphatic carbocycles. The van der Waals surface area contributed by atoms with Crippen molar-refractivity contribution in [2.75, 3.05) is 0 Å². The summed E-state index contributed by atoms with van der Waals surface area (Å²) in [4.78, 5) is 4.55. The second-order valence-electron chi connectivity index (χ2n) is 4.57. The van der Waals surface area contributed by atoms with E-state index in [1.54, 1.807) is 17.4 Å². The summed E-state index contributed by atoms with van der Waals surface area (Å²) in [5, 5.41) is 0.877. The average molecular weight is 351 g/mol. The van der Waals surface area contributed by atoms with Crippen molar-refractivity contribution in [2.45, 2.75) is 12.5 Å². The number of nitrogens with two attached hydrogens (primary N) is 1. The predicted molar refractivity (Wildman–Crippen MR) is 84.4 cm³/mol. The Morgan fingerprint density at radius 2 is 2.05 bits per heavy atom. The molecule has 0 aliphatic heterocycles. The number of nitrogens with zero attached hydrogens (tertiary/aromatic N) is 1. The van der Waals surface area contributed by atoms with Gasteiger partial charge >= 0.3 is 0 Å². The Bertz CT molecular complexity index is 723. The normalized spacial score (nSPS) is 12.8. The number of hydrogen-bond donors (Lipinski definition) is 1. The first-order valence-corrected chi connectivity index (χ1v) is 7.79. The van der Waals surface area contributed by atoms with Crippen LogP contribution in [0, 0.1) is 5.82 Å². The molecule has 0 radical (unpaired) electrons. The van der Waals surface area contributed by atoms with E-state index in [1.807, 2.05) is 24.3 Å². The number of halogens is 2. The molecule has 1 heterocycles. The van der Waals surface area contributed by atoms with Gasteiger partial charge in [0.1, 0.15) is 10.8 Å². The largest absolute Gasteiger partial charge is 0.322 e. The molecule has 1 unspecified atom stereocenters. The summed E-state index contributed by atoms with van der Waals surface area (Å²) >= 11 is 5.02. The summed E-state index contributed by atoms with van der Waals surface area (Å²) in [7, 11) is 0. The van der Waals surface area contributed by atoms with Gasteiger partial charge in [-0.25, -0.2) is 9.37 Å². The molecule has 3 aromatic rings. The first-order chi connectivity index (χ1) is 9.63. The number of hydrogen-bond acceptors (Lipinski definition) is 3. The molecule has 0 spiro atoms. The Labute approximate surface area is 128 Å². The number of aromatic nitrogens is 1. The molecule has 102 valence electrons. The molecule has 2 nitrogen and oxygen atoms in total. The van der Waals surface area contributed by atoms with E-state index >= 15 is 0 Å². The second kappa shape index (κ2) is 5.60. The highest BCUT2D eigenvalue weighted by Crippen LogP contribution is 2.28. The topological polar surface area (TPSA) is 38.9 Å². The zero-order valence-corrected chi connectivity index (χ0v) is 12.9. The Morgan fingerprint density at radius 1 is 1.25 bits per heavy atom. The van der Waals surface area contributed by atoms with E-state index < -0.39 is 0 Å². The number of fused-ring (bicyclic) bond motifs is 1. The van der Waals surface area contributed by atoms with E-state index in [-0.39, 0.29) is 11.9 Å². The van der Waals surface area contributed by atoms with Gasteiger partial charge in [0.05, 0.1) is 16.3 Å². The predicted octanol–water partition coefficient (Wildman–Crippen LogP) is 4.44. The van der Waals surface area contributed by atoms with E-state index in [0.717, 1.165) is 25.3 Å². The highest BCUT2D eigenvalue weighted by atomic mass is 79.9. The van der Waals surface area contributed by atoms with Crippen LogP contribution in [-0.2, 0) is 6.42 Å². The highest BCUT2D eigenvalue weighted by molar-refractivity contribution is 9.10. The fraction of sp³-hybridized carbons (Fsp3) is 0.133. The van der Waals surface area contributed by atoms with E-state index in [9.17, 15) is 4.39 Å². The Morgan fingerprint density at radius 3 is 2.85 bits per heavy atom. The average Bonchev–Trinajstić information content (AvgIpc) is 2.87. The SMILES string of the molecule is NC(Cc1cc(F)ccc1Br)c1nc2ccccc2s1. The van der Waals surface area contributed by atoms with Gasteiger partial charge in [-0.1, -0.05) is 28.1 Å². The van der Waals surface area contributed by atoms with Crippen molar-refractivity contribution in [3.05, 3.63) is 63.3 Å². The van der Waals surface area contributed by atoms with Crippen LogP contribution in [-0.4, -0.2) is 4.98 Å². The van der Waals surface area contributed by atoms with Crippen molar-refractivity contribution < 1.29 is 4.39 Å². The van der Waals surface area contributed by atoms with Crippen LogP contribution in [0.25, 0.3) is 10.2 Å². The van der Waals surface area contributed by atoms with Crippen LogP contribution >= 0.6 is 27.3 Å². The lowest BCUT2D eigenvalue weighted by Gasteiger charge is -2.10. The number of benzene rings is 2. The second-order valence-corrected chi connectivity index (χ2v) is 6.48. The first-order valence-electron chi connectivity index (χ1n) is 6.18. The summed E-state index contributed by atoms with van der Waals surface area (Å²) < 4.78 is 15.3. The summed E-state index contributed by atoms with van der Waals surface area (Å²) in [5.74, 6) is -0.250. The Hall–Kier alpha value is -1.30. The van der Waals surface area contributed by atoms with E-state index in [1.165, 1.54) is 12.1 Å². The van der Waals surface area contributed by atoms with Crippen molar-refractivity contribution in [1.29, 1.82) is 0 Å². The molecule has 1 atom stereocenters. The standard InChI is InChI=1S/C15H12BrFN2S/c16-11-6-5-10(17)7-9(11)8-12(18)15-19-13-3-1-2-4-14(13)20-15/h1-7,12H,8,18H2. The smallest absolute Gasteiger partial charge is 0.123 e. The van der Waals surface area contributed by atoms with Crippen LogP contribution < -0.4 is 5.73 Å². The van der Waals surface area contributed by atoms with Gasteiger partial charge in [0.15, 0.2) is 0 Å². The molecule has 1 aromatic heterocycles. The molecule has 2 aromatic carbocycles. The Kier molecular flexibility index (Phi) is 3.83. The third-order valence-corrected chi connectivity index (χ3v) is 5.02.